The zero-order chi connectivity index (χ0) is 14.8. The average Bonchev–Trinajstić information content (AvgIpc) is 2.98. The Morgan fingerprint density at radius 3 is 2.25 bits per heavy atom. The van der Waals surface area contributed by atoms with Gasteiger partial charge in [0.1, 0.15) is 6.04 Å². The van der Waals surface area contributed by atoms with Crippen molar-refractivity contribution in [3.8, 4) is 0 Å². The van der Waals surface area contributed by atoms with Crippen LogP contribution in [0.1, 0.15) is 63.3 Å². The zero-order valence-electron chi connectivity index (χ0n) is 12.8. The Bertz CT molecular complexity index is 355. The Morgan fingerprint density at radius 2 is 1.80 bits per heavy atom. The third-order valence-electron chi connectivity index (χ3n) is 3.49. The van der Waals surface area contributed by atoms with E-state index in [0.717, 1.165) is 30.8 Å². The van der Waals surface area contributed by atoms with Gasteiger partial charge in [0, 0.05) is 18.0 Å². The number of rotatable bonds is 10. The van der Waals surface area contributed by atoms with E-state index in [1.807, 2.05) is 22.4 Å². The molecule has 0 saturated heterocycles. The highest BCUT2D eigenvalue weighted by Crippen LogP contribution is 2.19. The minimum atomic E-state index is -0.488. The molecule has 2 N–H and O–H groups in total. The van der Waals surface area contributed by atoms with E-state index in [1.54, 1.807) is 11.3 Å². The van der Waals surface area contributed by atoms with E-state index in [2.05, 4.69) is 13.8 Å². The van der Waals surface area contributed by atoms with Crippen molar-refractivity contribution < 1.29 is 4.79 Å². The van der Waals surface area contributed by atoms with Gasteiger partial charge in [-0.15, -0.1) is 11.3 Å². The van der Waals surface area contributed by atoms with Crippen molar-refractivity contribution in [3.63, 3.8) is 0 Å². The minimum absolute atomic E-state index is 0.0830. The van der Waals surface area contributed by atoms with Crippen LogP contribution in [-0.2, 0) is 4.79 Å². The maximum Gasteiger partial charge on any atom is 0.244 e. The number of amides is 1. The topological polar surface area (TPSA) is 46.3 Å². The molecule has 1 aromatic rings. The van der Waals surface area contributed by atoms with Crippen LogP contribution in [0.2, 0.25) is 0 Å². The van der Waals surface area contributed by atoms with E-state index in [4.69, 9.17) is 5.73 Å². The molecule has 0 spiro atoms. The molecule has 1 aromatic heterocycles. The summed E-state index contributed by atoms with van der Waals surface area (Å²) in [6.45, 7) is 6.05. The molecular weight excluding hydrogens is 268 g/mol. The Balaban J connectivity index is 2.57. The van der Waals surface area contributed by atoms with Gasteiger partial charge in [-0.05, 0) is 24.3 Å². The molecule has 1 heterocycles. The third kappa shape index (κ3) is 5.63. The highest BCUT2D eigenvalue weighted by molar-refractivity contribution is 7.10. The molecule has 114 valence electrons. The zero-order valence-corrected chi connectivity index (χ0v) is 13.6. The summed E-state index contributed by atoms with van der Waals surface area (Å²) in [4.78, 5) is 15.5. The largest absolute Gasteiger partial charge is 0.341 e. The lowest BCUT2D eigenvalue weighted by Gasteiger charge is -2.25. The normalized spacial score (nSPS) is 12.3. The van der Waals surface area contributed by atoms with Gasteiger partial charge in [0.2, 0.25) is 5.91 Å². The van der Waals surface area contributed by atoms with E-state index in [1.165, 1.54) is 25.7 Å². The maximum atomic E-state index is 12.5. The SMILES string of the molecule is CCCCCN(CCCCC)C(=O)C(N)c1cccs1. The molecule has 3 nitrogen and oxygen atoms in total. The number of unbranched alkanes of at least 4 members (excludes halogenated alkanes) is 4. The fraction of sp³-hybridized carbons (Fsp3) is 0.688. The van der Waals surface area contributed by atoms with Crippen LogP contribution in [0.25, 0.3) is 0 Å². The molecule has 1 rings (SSSR count). The van der Waals surface area contributed by atoms with Gasteiger partial charge < -0.3 is 10.6 Å². The molecule has 4 heteroatoms. The maximum absolute atomic E-state index is 12.5. The molecule has 0 bridgehead atoms. The van der Waals surface area contributed by atoms with Crippen LogP contribution in [0.15, 0.2) is 17.5 Å². The van der Waals surface area contributed by atoms with Crippen molar-refractivity contribution in [3.05, 3.63) is 22.4 Å². The van der Waals surface area contributed by atoms with E-state index < -0.39 is 6.04 Å². The highest BCUT2D eigenvalue weighted by Gasteiger charge is 2.22. The lowest BCUT2D eigenvalue weighted by Crippen LogP contribution is -2.39. The second kappa shape index (κ2) is 9.94. The molecule has 1 unspecified atom stereocenters. The lowest BCUT2D eigenvalue weighted by molar-refractivity contribution is -0.132. The number of carbonyl (C=O) groups excluding carboxylic acids is 1. The lowest BCUT2D eigenvalue weighted by atomic mass is 10.1. The van der Waals surface area contributed by atoms with Crippen molar-refractivity contribution in [1.82, 2.24) is 4.90 Å². The highest BCUT2D eigenvalue weighted by atomic mass is 32.1. The summed E-state index contributed by atoms with van der Waals surface area (Å²) < 4.78 is 0. The van der Waals surface area contributed by atoms with Gasteiger partial charge in [-0.2, -0.15) is 0 Å². The van der Waals surface area contributed by atoms with Crippen LogP contribution >= 0.6 is 11.3 Å². The van der Waals surface area contributed by atoms with Crippen LogP contribution in [0, 0.1) is 0 Å². The van der Waals surface area contributed by atoms with Gasteiger partial charge in [0.05, 0.1) is 0 Å². The first-order valence-corrected chi connectivity index (χ1v) is 8.66. The molecule has 20 heavy (non-hydrogen) atoms. The summed E-state index contributed by atoms with van der Waals surface area (Å²) in [5.41, 5.74) is 6.11. The summed E-state index contributed by atoms with van der Waals surface area (Å²) in [5.74, 6) is 0.0830. The van der Waals surface area contributed by atoms with Crippen molar-refractivity contribution in [1.29, 1.82) is 0 Å². The van der Waals surface area contributed by atoms with Crippen molar-refractivity contribution >= 4 is 17.2 Å². The fourth-order valence-electron chi connectivity index (χ4n) is 2.22. The molecule has 0 fully saturated rings. The van der Waals surface area contributed by atoms with E-state index in [0.29, 0.717) is 0 Å². The molecule has 0 radical (unpaired) electrons. The fourth-order valence-corrected chi connectivity index (χ4v) is 2.94. The Labute approximate surface area is 127 Å². The van der Waals surface area contributed by atoms with E-state index >= 15 is 0 Å². The molecular formula is C16H28N2OS. The summed E-state index contributed by atoms with van der Waals surface area (Å²) in [6.07, 6.45) is 6.84. The van der Waals surface area contributed by atoms with Crippen molar-refractivity contribution in [2.24, 2.45) is 5.73 Å². The monoisotopic (exact) mass is 296 g/mol. The summed E-state index contributed by atoms with van der Waals surface area (Å²) in [5, 5.41) is 1.97. The predicted octanol–water partition coefficient (Wildman–Crippen LogP) is 3.96. The van der Waals surface area contributed by atoms with E-state index in [9.17, 15) is 4.79 Å². The molecule has 1 amide bonds. The average molecular weight is 296 g/mol. The van der Waals surface area contributed by atoms with Crippen LogP contribution in [0.3, 0.4) is 0 Å². The van der Waals surface area contributed by atoms with Crippen LogP contribution in [0.4, 0.5) is 0 Å². The van der Waals surface area contributed by atoms with Gasteiger partial charge in [-0.3, -0.25) is 4.79 Å². The van der Waals surface area contributed by atoms with Crippen LogP contribution in [0.5, 0.6) is 0 Å². The number of carbonyl (C=O) groups is 1. The number of thiophene rings is 1. The van der Waals surface area contributed by atoms with E-state index in [-0.39, 0.29) is 5.91 Å². The molecule has 0 aromatic carbocycles. The van der Waals surface area contributed by atoms with Gasteiger partial charge in [-0.25, -0.2) is 0 Å². The van der Waals surface area contributed by atoms with Gasteiger partial charge in [0.15, 0.2) is 0 Å². The minimum Gasteiger partial charge on any atom is -0.341 e. The van der Waals surface area contributed by atoms with Crippen LogP contribution < -0.4 is 5.73 Å². The van der Waals surface area contributed by atoms with Gasteiger partial charge >= 0.3 is 0 Å². The second-order valence-electron chi connectivity index (χ2n) is 5.23. The summed E-state index contributed by atoms with van der Waals surface area (Å²) in [6, 6.07) is 3.41. The van der Waals surface area contributed by atoms with Crippen molar-refractivity contribution in [2.45, 2.75) is 58.4 Å². The molecule has 1 atom stereocenters. The first kappa shape index (κ1) is 17.2. The number of nitrogens with two attached hydrogens (primary N) is 1. The molecule has 0 aliphatic heterocycles. The summed E-state index contributed by atoms with van der Waals surface area (Å²) >= 11 is 1.56. The Hall–Kier alpha value is -0.870. The quantitative estimate of drug-likeness (QED) is 0.664. The van der Waals surface area contributed by atoms with Crippen molar-refractivity contribution in [2.75, 3.05) is 13.1 Å². The Morgan fingerprint density at radius 1 is 1.20 bits per heavy atom. The van der Waals surface area contributed by atoms with Gasteiger partial charge in [-0.1, -0.05) is 45.6 Å². The first-order valence-electron chi connectivity index (χ1n) is 7.78. The summed E-state index contributed by atoms with van der Waals surface area (Å²) in [7, 11) is 0. The number of hydrogen-bond acceptors (Lipinski definition) is 3. The Kier molecular flexibility index (Phi) is 8.54. The number of hydrogen-bond donors (Lipinski definition) is 1. The smallest absolute Gasteiger partial charge is 0.244 e. The standard InChI is InChI=1S/C16H28N2OS/c1-3-5-7-11-18(12-8-6-4-2)16(19)15(17)14-10-9-13-20-14/h9-10,13,15H,3-8,11-12,17H2,1-2H3. The second-order valence-corrected chi connectivity index (χ2v) is 6.21. The van der Waals surface area contributed by atoms with Gasteiger partial charge in [0.25, 0.3) is 0 Å². The predicted molar refractivity (Wildman–Crippen MR) is 86.9 cm³/mol. The third-order valence-corrected chi connectivity index (χ3v) is 4.45. The first-order chi connectivity index (χ1) is 9.70. The molecule has 0 saturated carbocycles. The molecule has 0 aliphatic carbocycles. The number of nitrogens with zero attached hydrogens (tertiary/aromatic N) is 1. The van der Waals surface area contributed by atoms with Crippen LogP contribution in [-0.4, -0.2) is 23.9 Å². The molecule has 0 aliphatic rings.